The summed E-state index contributed by atoms with van der Waals surface area (Å²) in [7, 11) is -3.52. The van der Waals surface area contributed by atoms with E-state index in [1.165, 1.54) is 12.1 Å². The molecule has 15 heavy (non-hydrogen) atoms. The fourth-order valence-electron chi connectivity index (χ4n) is 1.08. The third-order valence-corrected chi connectivity index (χ3v) is 3.08. The summed E-state index contributed by atoms with van der Waals surface area (Å²) in [6.45, 7) is 0. The van der Waals surface area contributed by atoms with Gasteiger partial charge in [0.15, 0.2) is 9.84 Å². The molecule has 0 spiro atoms. The molecule has 6 heteroatoms. The minimum absolute atomic E-state index is 0.165. The Morgan fingerprint density at radius 1 is 1.47 bits per heavy atom. The first-order chi connectivity index (χ1) is 6.86. The lowest BCUT2D eigenvalue weighted by atomic mass is 10.1. The zero-order chi connectivity index (χ0) is 11.6. The molecule has 0 bridgehead atoms. The van der Waals surface area contributed by atoms with Crippen LogP contribution in [0.1, 0.15) is 15.9 Å². The minimum Gasteiger partial charge on any atom is -0.276 e. The SMILES string of the molecule is CS(=O)(=O)c1ccc(C#N)cc1C(=O)Cl. The summed E-state index contributed by atoms with van der Waals surface area (Å²) in [5.74, 6) is 0. The van der Waals surface area contributed by atoms with Gasteiger partial charge in [-0.3, -0.25) is 4.79 Å². The van der Waals surface area contributed by atoms with Gasteiger partial charge in [0.1, 0.15) is 0 Å². The van der Waals surface area contributed by atoms with Crippen molar-refractivity contribution in [3.63, 3.8) is 0 Å². The van der Waals surface area contributed by atoms with Crippen molar-refractivity contribution >= 4 is 26.7 Å². The van der Waals surface area contributed by atoms with Gasteiger partial charge in [-0.1, -0.05) is 0 Å². The number of carbonyl (C=O) groups excluding carboxylic acids is 1. The van der Waals surface area contributed by atoms with Crippen molar-refractivity contribution in [3.8, 4) is 6.07 Å². The molecule has 0 radical (unpaired) electrons. The third-order valence-electron chi connectivity index (χ3n) is 1.72. The molecule has 0 N–H and O–H groups in total. The van der Waals surface area contributed by atoms with E-state index in [1.807, 2.05) is 0 Å². The number of rotatable bonds is 2. The van der Waals surface area contributed by atoms with Crippen LogP contribution >= 0.6 is 11.6 Å². The Morgan fingerprint density at radius 2 is 2.07 bits per heavy atom. The lowest BCUT2D eigenvalue weighted by molar-refractivity contribution is 0.107. The molecule has 0 saturated carbocycles. The first-order valence-electron chi connectivity index (χ1n) is 3.80. The highest BCUT2D eigenvalue weighted by Gasteiger charge is 2.17. The van der Waals surface area contributed by atoms with Crippen LogP contribution in [0.15, 0.2) is 23.1 Å². The summed E-state index contributed by atoms with van der Waals surface area (Å²) >= 11 is 5.23. The maximum Gasteiger partial charge on any atom is 0.253 e. The molecule has 0 saturated heterocycles. The molecule has 1 aromatic carbocycles. The van der Waals surface area contributed by atoms with Gasteiger partial charge in [0, 0.05) is 6.26 Å². The van der Waals surface area contributed by atoms with E-state index >= 15 is 0 Å². The molecule has 1 rings (SSSR count). The van der Waals surface area contributed by atoms with Gasteiger partial charge >= 0.3 is 0 Å². The molecule has 4 nitrogen and oxygen atoms in total. The molecule has 0 fully saturated rings. The Balaban J connectivity index is 3.57. The highest BCUT2D eigenvalue weighted by Crippen LogP contribution is 2.19. The largest absolute Gasteiger partial charge is 0.276 e. The quantitative estimate of drug-likeness (QED) is 0.735. The van der Waals surface area contributed by atoms with Crippen molar-refractivity contribution in [2.24, 2.45) is 0 Å². The first-order valence-corrected chi connectivity index (χ1v) is 6.07. The average molecular weight is 244 g/mol. The number of benzene rings is 1. The standard InChI is InChI=1S/C9H6ClNO3S/c1-15(13,14)8-3-2-6(5-11)4-7(8)9(10)12/h2-4H,1H3. The summed E-state index contributed by atoms with van der Waals surface area (Å²) in [5.41, 5.74) is 0.0182. The maximum absolute atomic E-state index is 11.3. The predicted octanol–water partition coefficient (Wildman–Crippen LogP) is 1.34. The number of carbonyl (C=O) groups is 1. The minimum atomic E-state index is -3.52. The Kier molecular flexibility index (Phi) is 3.12. The van der Waals surface area contributed by atoms with E-state index in [0.29, 0.717) is 0 Å². The van der Waals surface area contributed by atoms with Crippen molar-refractivity contribution < 1.29 is 13.2 Å². The fourth-order valence-corrected chi connectivity index (χ4v) is 2.16. The fraction of sp³-hybridized carbons (Fsp3) is 0.111. The number of sulfone groups is 1. The van der Waals surface area contributed by atoms with Crippen LogP contribution < -0.4 is 0 Å². The number of halogens is 1. The molecule has 0 aliphatic carbocycles. The highest BCUT2D eigenvalue weighted by atomic mass is 35.5. The monoisotopic (exact) mass is 243 g/mol. The lowest BCUT2D eigenvalue weighted by Gasteiger charge is -2.03. The molecule has 0 aromatic heterocycles. The van der Waals surface area contributed by atoms with Crippen LogP contribution in [-0.2, 0) is 9.84 Å². The summed E-state index contributed by atoms with van der Waals surface area (Å²) < 4.78 is 22.5. The Morgan fingerprint density at radius 3 is 2.47 bits per heavy atom. The van der Waals surface area contributed by atoms with Gasteiger partial charge in [-0.05, 0) is 29.8 Å². The van der Waals surface area contributed by atoms with Gasteiger partial charge in [0.05, 0.1) is 22.1 Å². The molecular weight excluding hydrogens is 238 g/mol. The highest BCUT2D eigenvalue weighted by molar-refractivity contribution is 7.90. The number of hydrogen-bond donors (Lipinski definition) is 0. The van der Waals surface area contributed by atoms with Crippen LogP contribution in [0.4, 0.5) is 0 Å². The first kappa shape index (κ1) is 11.7. The van der Waals surface area contributed by atoms with Crippen molar-refractivity contribution in [1.82, 2.24) is 0 Å². The van der Waals surface area contributed by atoms with E-state index < -0.39 is 15.1 Å². The molecule has 78 valence electrons. The second-order valence-electron chi connectivity index (χ2n) is 2.87. The third kappa shape index (κ3) is 2.55. The number of hydrogen-bond acceptors (Lipinski definition) is 4. The van der Waals surface area contributed by atoms with Crippen molar-refractivity contribution in [3.05, 3.63) is 29.3 Å². The normalized spacial score (nSPS) is 10.7. The molecule has 0 unspecified atom stereocenters. The molecule has 0 aliphatic rings. The molecule has 0 atom stereocenters. The molecular formula is C9H6ClNO3S. The van der Waals surface area contributed by atoms with Crippen LogP contribution in [0.2, 0.25) is 0 Å². The summed E-state index contributed by atoms with van der Waals surface area (Å²) in [6.07, 6.45) is 0.970. The van der Waals surface area contributed by atoms with Crippen LogP contribution in [0.5, 0.6) is 0 Å². The van der Waals surface area contributed by atoms with Crippen LogP contribution in [0.25, 0.3) is 0 Å². The Hall–Kier alpha value is -1.38. The van der Waals surface area contributed by atoms with E-state index in [-0.39, 0.29) is 16.0 Å². The predicted molar refractivity (Wildman–Crippen MR) is 54.5 cm³/mol. The van der Waals surface area contributed by atoms with Gasteiger partial charge in [0.25, 0.3) is 5.24 Å². The summed E-state index contributed by atoms with van der Waals surface area (Å²) in [6, 6.07) is 5.47. The number of nitriles is 1. The topological polar surface area (TPSA) is 75.0 Å². The van der Waals surface area contributed by atoms with Crippen molar-refractivity contribution in [1.29, 1.82) is 5.26 Å². The van der Waals surface area contributed by atoms with E-state index in [9.17, 15) is 13.2 Å². The second-order valence-corrected chi connectivity index (χ2v) is 5.20. The maximum atomic E-state index is 11.3. The van der Waals surface area contributed by atoms with Crippen molar-refractivity contribution in [2.45, 2.75) is 4.90 Å². The van der Waals surface area contributed by atoms with Gasteiger partial charge < -0.3 is 0 Å². The zero-order valence-corrected chi connectivity index (χ0v) is 9.26. The molecule has 1 aromatic rings. The molecule has 0 aliphatic heterocycles. The lowest BCUT2D eigenvalue weighted by Crippen LogP contribution is -2.05. The van der Waals surface area contributed by atoms with Gasteiger partial charge in [0.2, 0.25) is 0 Å². The van der Waals surface area contributed by atoms with Crippen LogP contribution in [-0.4, -0.2) is 19.9 Å². The van der Waals surface area contributed by atoms with E-state index in [2.05, 4.69) is 0 Å². The van der Waals surface area contributed by atoms with E-state index in [0.717, 1.165) is 12.3 Å². The smallest absolute Gasteiger partial charge is 0.253 e. The van der Waals surface area contributed by atoms with Gasteiger partial charge in [-0.2, -0.15) is 5.26 Å². The summed E-state index contributed by atoms with van der Waals surface area (Å²) in [4.78, 5) is 10.8. The van der Waals surface area contributed by atoms with Gasteiger partial charge in [-0.25, -0.2) is 8.42 Å². The molecule has 0 heterocycles. The summed E-state index contributed by atoms with van der Waals surface area (Å²) in [5, 5.41) is 7.69. The Labute approximate surface area is 92.0 Å². The Bertz CT molecular complexity index is 557. The molecule has 0 amide bonds. The van der Waals surface area contributed by atoms with Crippen LogP contribution in [0.3, 0.4) is 0 Å². The zero-order valence-electron chi connectivity index (χ0n) is 7.69. The van der Waals surface area contributed by atoms with Crippen LogP contribution in [0, 0.1) is 11.3 Å². The second kappa shape index (κ2) is 4.01. The van der Waals surface area contributed by atoms with E-state index in [4.69, 9.17) is 16.9 Å². The van der Waals surface area contributed by atoms with Crippen molar-refractivity contribution in [2.75, 3.05) is 6.26 Å². The number of nitrogens with zero attached hydrogens (tertiary/aromatic N) is 1. The average Bonchev–Trinajstić information content (AvgIpc) is 2.15. The van der Waals surface area contributed by atoms with E-state index in [1.54, 1.807) is 6.07 Å². The van der Waals surface area contributed by atoms with Gasteiger partial charge in [-0.15, -0.1) is 0 Å².